The average Bonchev–Trinajstić information content (AvgIpc) is 3.12. The zero-order valence-electron chi connectivity index (χ0n) is 22.5. The number of carboxylic acid groups (broad SMARTS) is 1. The first kappa shape index (κ1) is 29.3. The van der Waals surface area contributed by atoms with Gasteiger partial charge in [0.05, 0.1) is 12.2 Å². The van der Waals surface area contributed by atoms with Crippen molar-refractivity contribution in [1.29, 1.82) is 0 Å². The predicted octanol–water partition coefficient (Wildman–Crippen LogP) is 7.13. The number of aliphatic hydroxyl groups excluding tert-OH is 1. The third kappa shape index (κ3) is 9.58. The number of para-hydroxylation sites is 1. The second-order valence-electron chi connectivity index (χ2n) is 11.3. The van der Waals surface area contributed by atoms with E-state index >= 15 is 0 Å². The van der Waals surface area contributed by atoms with E-state index in [9.17, 15) is 9.90 Å². The molecule has 5 nitrogen and oxygen atoms in total. The Kier molecular flexibility index (Phi) is 11.3. The maximum Gasteiger partial charge on any atom is 0.303 e. The Hall–Kier alpha value is -1.89. The van der Waals surface area contributed by atoms with Crippen molar-refractivity contribution < 1.29 is 24.2 Å². The van der Waals surface area contributed by atoms with E-state index in [1.54, 1.807) is 0 Å². The lowest BCUT2D eigenvalue weighted by Crippen LogP contribution is -2.47. The number of aliphatic hydroxyl groups is 1. The van der Waals surface area contributed by atoms with Gasteiger partial charge in [0.1, 0.15) is 11.9 Å². The van der Waals surface area contributed by atoms with Crippen molar-refractivity contribution in [3.05, 3.63) is 54.1 Å². The number of hydrogen-bond donors (Lipinski definition) is 2. The second kappa shape index (κ2) is 13.4. The highest BCUT2D eigenvalue weighted by molar-refractivity contribution is 6.74. The van der Waals surface area contributed by atoms with Gasteiger partial charge in [0.2, 0.25) is 0 Å². The summed E-state index contributed by atoms with van der Waals surface area (Å²) < 4.78 is 13.2. The highest BCUT2D eigenvalue weighted by atomic mass is 28.4. The minimum Gasteiger partial charge on any atom is -0.488 e. The predicted molar refractivity (Wildman–Crippen MR) is 145 cm³/mol. The Morgan fingerprint density at radius 2 is 1.89 bits per heavy atom. The molecule has 6 heteroatoms. The monoisotopic (exact) mass is 502 g/mol. The number of benzene rings is 1. The summed E-state index contributed by atoms with van der Waals surface area (Å²) in [5, 5.41) is 19.5. The second-order valence-corrected chi connectivity index (χ2v) is 16.0. The summed E-state index contributed by atoms with van der Waals surface area (Å²) in [4.78, 5) is 10.7. The fraction of sp³-hybridized carbons (Fsp3) is 0.621. The Labute approximate surface area is 213 Å². The molecule has 1 aliphatic carbocycles. The van der Waals surface area contributed by atoms with Crippen molar-refractivity contribution in [2.45, 2.75) is 109 Å². The van der Waals surface area contributed by atoms with Crippen LogP contribution < -0.4 is 4.74 Å². The number of unbranched alkanes of at least 4 members (excludes halogenated alkanes) is 1. The third-order valence-corrected chi connectivity index (χ3v) is 11.9. The molecule has 0 fully saturated rings. The Morgan fingerprint density at radius 1 is 1.20 bits per heavy atom. The van der Waals surface area contributed by atoms with Gasteiger partial charge in [0, 0.05) is 12.3 Å². The van der Waals surface area contributed by atoms with Crippen LogP contribution in [0.1, 0.15) is 72.6 Å². The number of hydrogen-bond acceptors (Lipinski definition) is 4. The van der Waals surface area contributed by atoms with E-state index in [2.05, 4.69) is 52.9 Å². The van der Waals surface area contributed by atoms with Crippen molar-refractivity contribution >= 4 is 14.3 Å². The van der Waals surface area contributed by atoms with E-state index in [-0.39, 0.29) is 35.7 Å². The Morgan fingerprint density at radius 3 is 2.51 bits per heavy atom. The first-order valence-corrected chi connectivity index (χ1v) is 15.9. The van der Waals surface area contributed by atoms with E-state index in [0.29, 0.717) is 12.8 Å². The number of carboxylic acids is 1. The fourth-order valence-corrected chi connectivity index (χ4v) is 5.63. The summed E-state index contributed by atoms with van der Waals surface area (Å²) in [6, 6.07) is 9.91. The van der Waals surface area contributed by atoms with E-state index < -0.39 is 14.3 Å². The molecule has 0 saturated carbocycles. The van der Waals surface area contributed by atoms with Gasteiger partial charge in [-0.05, 0) is 75.7 Å². The first-order chi connectivity index (χ1) is 16.4. The van der Waals surface area contributed by atoms with Crippen LogP contribution >= 0.6 is 0 Å². The van der Waals surface area contributed by atoms with Crippen LogP contribution in [0.4, 0.5) is 0 Å². The van der Waals surface area contributed by atoms with Gasteiger partial charge in [0.25, 0.3) is 0 Å². The molecule has 1 aromatic carbocycles. The molecule has 0 aromatic heterocycles. The molecule has 0 saturated heterocycles. The maximum atomic E-state index is 10.7. The highest BCUT2D eigenvalue weighted by Gasteiger charge is 2.41. The number of aliphatic carboxylic acids is 1. The molecule has 4 atom stereocenters. The molecule has 35 heavy (non-hydrogen) atoms. The van der Waals surface area contributed by atoms with Crippen molar-refractivity contribution in [3.8, 4) is 5.75 Å². The molecular weight excluding hydrogens is 456 g/mol. The molecule has 3 unspecified atom stereocenters. The van der Waals surface area contributed by atoms with Gasteiger partial charge in [-0.15, -0.1) is 0 Å². The fourth-order valence-electron chi connectivity index (χ4n) is 4.21. The molecule has 2 rings (SSSR count). The molecule has 0 heterocycles. The number of ether oxygens (including phenoxy) is 1. The normalized spacial score (nSPS) is 20.6. The molecule has 1 aromatic rings. The molecule has 1 aliphatic rings. The molecular formula is C29H46O5Si. The first-order valence-electron chi connectivity index (χ1n) is 13.0. The van der Waals surface area contributed by atoms with Crippen LogP contribution in [0, 0.1) is 5.92 Å². The van der Waals surface area contributed by atoms with E-state index in [1.165, 1.54) is 5.57 Å². The van der Waals surface area contributed by atoms with Crippen LogP contribution in [-0.2, 0) is 9.22 Å². The summed E-state index contributed by atoms with van der Waals surface area (Å²) in [6.45, 7) is 13.4. The molecule has 0 amide bonds. The topological polar surface area (TPSA) is 76.0 Å². The summed E-state index contributed by atoms with van der Waals surface area (Å²) in [5.74, 6) is 0.213. The lowest BCUT2D eigenvalue weighted by Gasteiger charge is -2.41. The van der Waals surface area contributed by atoms with Crippen molar-refractivity contribution in [1.82, 2.24) is 0 Å². The summed E-state index contributed by atoms with van der Waals surface area (Å²) in [7, 11) is -2.00. The van der Waals surface area contributed by atoms with E-state index in [4.69, 9.17) is 14.3 Å². The lowest BCUT2D eigenvalue weighted by molar-refractivity contribution is -0.137. The smallest absolute Gasteiger partial charge is 0.303 e. The van der Waals surface area contributed by atoms with Gasteiger partial charge >= 0.3 is 5.97 Å². The van der Waals surface area contributed by atoms with Crippen LogP contribution in [-0.4, -0.2) is 42.8 Å². The van der Waals surface area contributed by atoms with Crippen molar-refractivity contribution in [3.63, 3.8) is 0 Å². The van der Waals surface area contributed by atoms with Gasteiger partial charge in [-0.2, -0.15) is 0 Å². The van der Waals surface area contributed by atoms with Crippen LogP contribution in [0.25, 0.3) is 0 Å². The standard InChI is InChI=1S/C29H46O5Si/c1-22(33-24-14-10-9-11-15-24)27(34-35(5,6)29(2,3)4)21-19-23-18-20-26(30)25(23)16-12-7-8-13-17-28(31)32/h7,9-12,14-15,18,22,25-27,30H,8,13,16-17,19-21H2,1-6H3,(H,31,32)/b12-7-/t22?,25-,26?,27?/m1/s1. The summed E-state index contributed by atoms with van der Waals surface area (Å²) >= 11 is 0. The largest absolute Gasteiger partial charge is 0.488 e. The van der Waals surface area contributed by atoms with E-state index in [1.807, 2.05) is 36.4 Å². The molecule has 2 N–H and O–H groups in total. The van der Waals surface area contributed by atoms with Crippen LogP contribution in [0.5, 0.6) is 5.75 Å². The molecule has 0 bridgehead atoms. The maximum absolute atomic E-state index is 10.7. The quantitative estimate of drug-likeness (QED) is 0.161. The van der Waals surface area contributed by atoms with Crippen LogP contribution in [0.3, 0.4) is 0 Å². The summed E-state index contributed by atoms with van der Waals surface area (Å²) in [6.07, 6.45) is 10.6. The lowest BCUT2D eigenvalue weighted by atomic mass is 9.91. The van der Waals surface area contributed by atoms with E-state index in [0.717, 1.165) is 31.4 Å². The Bertz CT molecular complexity index is 840. The molecule has 0 aliphatic heterocycles. The molecule has 196 valence electrons. The van der Waals surface area contributed by atoms with Crippen LogP contribution in [0.15, 0.2) is 54.1 Å². The van der Waals surface area contributed by atoms with Crippen LogP contribution in [0.2, 0.25) is 18.1 Å². The Balaban J connectivity index is 2.03. The van der Waals surface area contributed by atoms with Gasteiger partial charge < -0.3 is 19.4 Å². The minimum absolute atomic E-state index is 0.0399. The van der Waals surface area contributed by atoms with Gasteiger partial charge in [-0.1, -0.05) is 62.8 Å². The summed E-state index contributed by atoms with van der Waals surface area (Å²) in [5.41, 5.74) is 1.29. The SMILES string of the molecule is CC(Oc1ccccc1)C(CCC1=CCC(O)[C@@H]1C/C=C\CCCC(=O)O)O[Si](C)(C)C(C)(C)C. The van der Waals surface area contributed by atoms with Gasteiger partial charge in [-0.25, -0.2) is 0 Å². The van der Waals surface area contributed by atoms with Crippen molar-refractivity contribution in [2.24, 2.45) is 5.92 Å². The molecule has 0 spiro atoms. The van der Waals surface area contributed by atoms with Gasteiger partial charge in [-0.3, -0.25) is 4.79 Å². The van der Waals surface area contributed by atoms with Crippen molar-refractivity contribution in [2.75, 3.05) is 0 Å². The minimum atomic E-state index is -2.00. The zero-order chi connectivity index (χ0) is 26.1. The molecule has 0 radical (unpaired) electrons. The number of carbonyl (C=O) groups is 1. The highest BCUT2D eigenvalue weighted by Crippen LogP contribution is 2.39. The number of allylic oxidation sites excluding steroid dienone is 2. The number of rotatable bonds is 14. The zero-order valence-corrected chi connectivity index (χ0v) is 23.5. The van der Waals surface area contributed by atoms with Gasteiger partial charge in [0.15, 0.2) is 8.32 Å². The average molecular weight is 503 g/mol. The third-order valence-electron chi connectivity index (χ3n) is 7.44.